The Labute approximate surface area is 142 Å². The van der Waals surface area contributed by atoms with Crippen molar-refractivity contribution in [2.24, 2.45) is 0 Å². The number of rotatable bonds is 6. The van der Waals surface area contributed by atoms with Crippen molar-refractivity contribution >= 4 is 11.0 Å². The molecule has 4 heteroatoms. The number of hydrogen-bond donors (Lipinski definition) is 0. The van der Waals surface area contributed by atoms with Crippen LogP contribution in [0.4, 0.5) is 0 Å². The summed E-state index contributed by atoms with van der Waals surface area (Å²) >= 11 is 0. The maximum atomic E-state index is 11.5. The van der Waals surface area contributed by atoms with Gasteiger partial charge in [-0.05, 0) is 64.3 Å². The fourth-order valence-electron chi connectivity index (χ4n) is 2.88. The van der Waals surface area contributed by atoms with Gasteiger partial charge in [-0.1, -0.05) is 5.57 Å². The van der Waals surface area contributed by atoms with Crippen LogP contribution < -0.4 is 10.4 Å². The van der Waals surface area contributed by atoms with Crippen molar-refractivity contribution in [1.29, 1.82) is 0 Å². The van der Waals surface area contributed by atoms with E-state index in [1.165, 1.54) is 11.6 Å². The predicted octanol–water partition coefficient (Wildman–Crippen LogP) is 4.38. The minimum atomic E-state index is -0.335. The maximum Gasteiger partial charge on any atom is 0.336 e. The molecular formula is C20H24O4. The minimum Gasteiger partial charge on any atom is -0.489 e. The van der Waals surface area contributed by atoms with Crippen molar-refractivity contribution in [2.75, 3.05) is 6.61 Å². The van der Waals surface area contributed by atoms with Crippen molar-refractivity contribution < 1.29 is 13.9 Å². The molecule has 1 aromatic carbocycles. The first-order valence-electron chi connectivity index (χ1n) is 8.36. The normalized spacial score (nSPS) is 19.5. The molecule has 4 nitrogen and oxygen atoms in total. The fraction of sp³-hybridized carbons (Fsp3) is 0.450. The molecule has 1 saturated heterocycles. The van der Waals surface area contributed by atoms with Gasteiger partial charge in [0.1, 0.15) is 17.9 Å². The Hall–Kier alpha value is -2.07. The molecule has 0 spiro atoms. The van der Waals surface area contributed by atoms with Gasteiger partial charge in [0.25, 0.3) is 0 Å². The van der Waals surface area contributed by atoms with Gasteiger partial charge in [0.05, 0.1) is 11.7 Å². The molecule has 0 saturated carbocycles. The SMILES string of the molecule is C/C(=C\COc1ccc2c(C)cc(=O)oc2c1)CCC1OC1(C)C. The second kappa shape index (κ2) is 6.44. The van der Waals surface area contributed by atoms with Gasteiger partial charge < -0.3 is 13.9 Å². The van der Waals surface area contributed by atoms with Crippen LogP contribution in [-0.2, 0) is 4.74 Å². The maximum absolute atomic E-state index is 11.5. The largest absolute Gasteiger partial charge is 0.489 e. The van der Waals surface area contributed by atoms with Crippen LogP contribution in [-0.4, -0.2) is 18.3 Å². The van der Waals surface area contributed by atoms with Gasteiger partial charge >= 0.3 is 5.63 Å². The summed E-state index contributed by atoms with van der Waals surface area (Å²) in [6.07, 6.45) is 4.54. The smallest absolute Gasteiger partial charge is 0.336 e. The lowest BCUT2D eigenvalue weighted by atomic mass is 10.0. The number of aryl methyl sites for hydroxylation is 1. The summed E-state index contributed by atoms with van der Waals surface area (Å²) in [6.45, 7) is 8.76. The molecule has 2 heterocycles. The predicted molar refractivity (Wildman–Crippen MR) is 94.7 cm³/mol. The number of hydrogen-bond acceptors (Lipinski definition) is 4. The summed E-state index contributed by atoms with van der Waals surface area (Å²) in [4.78, 5) is 11.5. The molecule has 2 aromatic rings. The van der Waals surface area contributed by atoms with Gasteiger partial charge in [-0.3, -0.25) is 0 Å². The Bertz CT molecular complexity index is 829. The first kappa shape index (κ1) is 16.8. The standard InChI is InChI=1S/C20H24O4/c1-13(5-8-18-20(3,4)24-18)9-10-22-15-6-7-16-14(2)11-19(21)23-17(16)12-15/h6-7,9,11-12,18H,5,8,10H2,1-4H3/b13-9+. The van der Waals surface area contributed by atoms with Crippen LogP contribution >= 0.6 is 0 Å². The van der Waals surface area contributed by atoms with E-state index in [1.54, 1.807) is 6.07 Å². The third-order valence-corrected chi connectivity index (χ3v) is 4.57. The van der Waals surface area contributed by atoms with Gasteiger partial charge in [0.15, 0.2) is 0 Å². The highest BCUT2D eigenvalue weighted by Crippen LogP contribution is 2.38. The van der Waals surface area contributed by atoms with Crippen LogP contribution in [0.2, 0.25) is 0 Å². The van der Waals surface area contributed by atoms with Crippen molar-refractivity contribution in [3.63, 3.8) is 0 Å². The zero-order valence-corrected chi connectivity index (χ0v) is 14.7. The van der Waals surface area contributed by atoms with E-state index in [0.29, 0.717) is 24.0 Å². The number of benzene rings is 1. The molecule has 0 N–H and O–H groups in total. The Morgan fingerprint density at radius 2 is 2.08 bits per heavy atom. The highest BCUT2D eigenvalue weighted by Gasteiger charge is 2.46. The van der Waals surface area contributed by atoms with Crippen molar-refractivity contribution in [3.05, 3.63) is 51.9 Å². The Kier molecular flexibility index (Phi) is 4.50. The summed E-state index contributed by atoms with van der Waals surface area (Å²) in [5.74, 6) is 0.701. The molecule has 1 atom stereocenters. The molecule has 1 fully saturated rings. The van der Waals surface area contributed by atoms with Gasteiger partial charge in [-0.15, -0.1) is 0 Å². The highest BCUT2D eigenvalue weighted by molar-refractivity contribution is 5.81. The molecule has 0 bridgehead atoms. The summed E-state index contributed by atoms with van der Waals surface area (Å²) in [6, 6.07) is 7.10. The van der Waals surface area contributed by atoms with Crippen molar-refractivity contribution in [3.8, 4) is 5.75 Å². The van der Waals surface area contributed by atoms with Gasteiger partial charge in [0.2, 0.25) is 0 Å². The Morgan fingerprint density at radius 3 is 2.79 bits per heavy atom. The number of ether oxygens (including phenoxy) is 2. The molecule has 0 radical (unpaired) electrons. The zero-order valence-electron chi connectivity index (χ0n) is 14.7. The quantitative estimate of drug-likeness (QED) is 0.448. The van der Waals surface area contributed by atoms with Crippen LogP contribution in [0.1, 0.15) is 39.2 Å². The van der Waals surface area contributed by atoms with E-state index in [2.05, 4.69) is 26.8 Å². The van der Waals surface area contributed by atoms with E-state index in [9.17, 15) is 4.79 Å². The van der Waals surface area contributed by atoms with Gasteiger partial charge in [0, 0.05) is 17.5 Å². The lowest BCUT2D eigenvalue weighted by molar-refractivity contribution is 0.320. The fourth-order valence-corrected chi connectivity index (χ4v) is 2.88. The van der Waals surface area contributed by atoms with Crippen LogP contribution in [0.3, 0.4) is 0 Å². The molecule has 3 rings (SSSR count). The lowest BCUT2D eigenvalue weighted by Crippen LogP contribution is -2.03. The monoisotopic (exact) mass is 328 g/mol. The molecule has 1 aromatic heterocycles. The van der Waals surface area contributed by atoms with Crippen molar-refractivity contribution in [2.45, 2.75) is 52.2 Å². The van der Waals surface area contributed by atoms with E-state index in [4.69, 9.17) is 13.9 Å². The Morgan fingerprint density at radius 1 is 1.33 bits per heavy atom. The number of epoxide rings is 1. The third kappa shape index (κ3) is 3.88. The topological polar surface area (TPSA) is 52.0 Å². The molecule has 1 aliphatic rings. The zero-order chi connectivity index (χ0) is 17.3. The van der Waals surface area contributed by atoms with Crippen LogP contribution in [0.5, 0.6) is 5.75 Å². The lowest BCUT2D eigenvalue weighted by Gasteiger charge is -2.06. The van der Waals surface area contributed by atoms with E-state index in [-0.39, 0.29) is 11.2 Å². The number of allylic oxidation sites excluding steroid dienone is 1. The van der Waals surface area contributed by atoms with Crippen LogP contribution in [0, 0.1) is 6.92 Å². The second-order valence-electron chi connectivity index (χ2n) is 7.02. The highest BCUT2D eigenvalue weighted by atomic mass is 16.6. The first-order valence-corrected chi connectivity index (χ1v) is 8.36. The summed E-state index contributed by atoms with van der Waals surface area (Å²) in [7, 11) is 0. The van der Waals surface area contributed by atoms with E-state index >= 15 is 0 Å². The second-order valence-corrected chi connectivity index (χ2v) is 7.02. The van der Waals surface area contributed by atoms with Gasteiger partial charge in [-0.25, -0.2) is 4.79 Å². The average Bonchev–Trinajstić information content (AvgIpc) is 3.12. The molecule has 0 aliphatic carbocycles. The summed E-state index contributed by atoms with van der Waals surface area (Å²) < 4.78 is 16.6. The van der Waals surface area contributed by atoms with E-state index < -0.39 is 0 Å². The average molecular weight is 328 g/mol. The van der Waals surface area contributed by atoms with Crippen LogP contribution in [0.25, 0.3) is 11.0 Å². The summed E-state index contributed by atoms with van der Waals surface area (Å²) in [5.41, 5.74) is 2.49. The molecule has 128 valence electrons. The molecule has 1 unspecified atom stereocenters. The van der Waals surface area contributed by atoms with E-state index in [1.807, 2.05) is 19.1 Å². The molecule has 24 heavy (non-hydrogen) atoms. The van der Waals surface area contributed by atoms with Gasteiger partial charge in [-0.2, -0.15) is 0 Å². The molecule has 1 aliphatic heterocycles. The summed E-state index contributed by atoms with van der Waals surface area (Å²) in [5, 5.41) is 0.931. The Balaban J connectivity index is 1.57. The molecular weight excluding hydrogens is 304 g/mol. The molecule has 0 amide bonds. The third-order valence-electron chi connectivity index (χ3n) is 4.57. The van der Waals surface area contributed by atoms with Crippen molar-refractivity contribution in [1.82, 2.24) is 0 Å². The van der Waals surface area contributed by atoms with E-state index in [0.717, 1.165) is 23.8 Å². The van der Waals surface area contributed by atoms with Crippen LogP contribution in [0.15, 0.2) is 45.1 Å². The first-order chi connectivity index (χ1) is 11.3. The minimum absolute atomic E-state index is 0.0594. The number of fused-ring (bicyclic) bond motifs is 1.